The smallest absolute Gasteiger partial charge is 0.291 e. The number of nitrogens with zero attached hydrogens (tertiary/aromatic N) is 2. The van der Waals surface area contributed by atoms with Crippen LogP contribution in [0.25, 0.3) is 10.9 Å². The van der Waals surface area contributed by atoms with Crippen LogP contribution in [-0.2, 0) is 4.79 Å². The number of furan rings is 1. The number of unbranched alkanes of at least 4 members (excludes halogenated alkanes) is 1. The molecule has 0 amide bonds. The number of carbonyl (C=O) groups is 1. The number of hydrogen-bond donors (Lipinski definition) is 2. The Morgan fingerprint density at radius 2 is 1.97 bits per heavy atom. The van der Waals surface area contributed by atoms with Crippen molar-refractivity contribution in [2.24, 2.45) is 0 Å². The van der Waals surface area contributed by atoms with Crippen LogP contribution in [0.1, 0.15) is 31.9 Å². The third-order valence-corrected chi connectivity index (χ3v) is 5.23. The summed E-state index contributed by atoms with van der Waals surface area (Å²) in [6.07, 6.45) is 3.23. The van der Waals surface area contributed by atoms with Gasteiger partial charge in [0.1, 0.15) is 23.7 Å². The van der Waals surface area contributed by atoms with Crippen LogP contribution in [0.5, 0.6) is 17.4 Å². The Morgan fingerprint density at radius 1 is 1.16 bits per heavy atom. The predicted octanol–water partition coefficient (Wildman–Crippen LogP) is 6.28. The van der Waals surface area contributed by atoms with Crippen molar-refractivity contribution in [3.8, 4) is 29.3 Å². The minimum atomic E-state index is -0.510. The number of aliphatic hydroxyl groups excluding tert-OH is 1. The molecule has 0 bridgehead atoms. The third kappa shape index (κ3) is 7.43. The van der Waals surface area contributed by atoms with Crippen LogP contribution >= 0.6 is 11.6 Å². The van der Waals surface area contributed by atoms with Gasteiger partial charge in [-0.05, 0) is 49.6 Å². The number of carbonyl (C=O) groups excluding carboxylic acids is 1. The van der Waals surface area contributed by atoms with Crippen LogP contribution < -0.4 is 14.8 Å². The van der Waals surface area contributed by atoms with Crippen molar-refractivity contribution in [1.82, 2.24) is 9.97 Å². The summed E-state index contributed by atoms with van der Waals surface area (Å²) in [7, 11) is 2.52. The van der Waals surface area contributed by atoms with Crippen molar-refractivity contribution >= 4 is 39.8 Å². The van der Waals surface area contributed by atoms with Gasteiger partial charge in [-0.1, -0.05) is 17.5 Å². The van der Waals surface area contributed by atoms with Crippen molar-refractivity contribution < 1.29 is 28.2 Å². The van der Waals surface area contributed by atoms with Crippen LogP contribution in [0.4, 0.5) is 15.9 Å². The second kappa shape index (κ2) is 13.3. The molecule has 0 saturated heterocycles. The lowest BCUT2D eigenvalue weighted by Gasteiger charge is -2.13. The van der Waals surface area contributed by atoms with Crippen LogP contribution in [0, 0.1) is 17.7 Å². The number of aliphatic hydroxyl groups is 1. The van der Waals surface area contributed by atoms with Gasteiger partial charge in [-0.3, -0.25) is 0 Å². The summed E-state index contributed by atoms with van der Waals surface area (Å²) in [4.78, 5) is 19.6. The number of fused-ring (bicyclic) bond motifs is 1. The standard InChI is InChI=1S/C26H21ClFN3O4.CH4O/c1-16(32)6-4-3-5-7-18-9-11-25(34-18)35-24-13-19-22(14-23(24)33-2)29-15-30-26(19)31-17-8-10-21(28)20(27)12-17;1-2/h8-15H,3-4,6H2,1-2H3,(H,29,30,31);2H,1H3. The Labute approximate surface area is 218 Å². The number of ketones is 1. The molecule has 4 rings (SSSR count). The summed E-state index contributed by atoms with van der Waals surface area (Å²) in [6, 6.07) is 11.1. The quantitative estimate of drug-likeness (QED) is 0.204. The number of hydrogen-bond acceptors (Lipinski definition) is 8. The highest BCUT2D eigenvalue weighted by Crippen LogP contribution is 2.38. The molecule has 192 valence electrons. The van der Waals surface area contributed by atoms with E-state index in [1.807, 2.05) is 0 Å². The molecular weight excluding hydrogens is 501 g/mol. The number of nitrogens with one attached hydrogen (secondary N) is 1. The Balaban J connectivity index is 0.00000186. The average molecular weight is 526 g/mol. The van der Waals surface area contributed by atoms with Gasteiger partial charge < -0.3 is 29.1 Å². The van der Waals surface area contributed by atoms with E-state index in [1.54, 1.807) is 37.3 Å². The van der Waals surface area contributed by atoms with E-state index in [2.05, 4.69) is 27.1 Å². The molecule has 8 nitrogen and oxygen atoms in total. The van der Waals surface area contributed by atoms with Gasteiger partial charge in [0.2, 0.25) is 0 Å². The lowest BCUT2D eigenvalue weighted by molar-refractivity contribution is -0.117. The normalized spacial score (nSPS) is 10.1. The number of aromatic nitrogens is 2. The highest BCUT2D eigenvalue weighted by atomic mass is 35.5. The minimum Gasteiger partial charge on any atom is -0.493 e. The van der Waals surface area contributed by atoms with Gasteiger partial charge >= 0.3 is 0 Å². The fourth-order valence-corrected chi connectivity index (χ4v) is 3.42. The van der Waals surface area contributed by atoms with Crippen molar-refractivity contribution in [1.29, 1.82) is 0 Å². The van der Waals surface area contributed by atoms with Crippen molar-refractivity contribution in [2.45, 2.75) is 26.2 Å². The molecule has 0 unspecified atom stereocenters. The number of rotatable bonds is 8. The highest BCUT2D eigenvalue weighted by Gasteiger charge is 2.14. The molecule has 0 radical (unpaired) electrons. The number of benzene rings is 2. The first kappa shape index (κ1) is 27.5. The van der Waals surface area contributed by atoms with Crippen LogP contribution in [-0.4, -0.2) is 35.1 Å². The van der Waals surface area contributed by atoms with E-state index in [0.29, 0.717) is 58.9 Å². The fraction of sp³-hybridized carbons (Fsp3) is 0.222. The van der Waals surface area contributed by atoms with Crippen molar-refractivity contribution in [3.05, 3.63) is 65.4 Å². The molecule has 2 heterocycles. The Morgan fingerprint density at radius 3 is 2.70 bits per heavy atom. The van der Waals surface area contributed by atoms with Gasteiger partial charge in [0.05, 0.1) is 17.6 Å². The van der Waals surface area contributed by atoms with Crippen molar-refractivity contribution in [3.63, 3.8) is 0 Å². The number of halogens is 2. The largest absolute Gasteiger partial charge is 0.493 e. The van der Waals surface area contributed by atoms with Gasteiger partial charge in [-0.2, -0.15) is 0 Å². The molecule has 0 aliphatic heterocycles. The maximum Gasteiger partial charge on any atom is 0.291 e. The van der Waals surface area contributed by atoms with E-state index in [1.165, 1.54) is 25.6 Å². The van der Waals surface area contributed by atoms with Gasteiger partial charge in [-0.25, -0.2) is 14.4 Å². The van der Waals surface area contributed by atoms with Crippen molar-refractivity contribution in [2.75, 3.05) is 19.5 Å². The molecule has 0 aliphatic carbocycles. The van der Waals surface area contributed by atoms with Gasteiger partial charge in [0.25, 0.3) is 5.95 Å². The average Bonchev–Trinajstić information content (AvgIpc) is 3.34. The lowest BCUT2D eigenvalue weighted by atomic mass is 10.2. The highest BCUT2D eigenvalue weighted by molar-refractivity contribution is 6.31. The molecule has 2 N–H and O–H groups in total. The zero-order valence-corrected chi connectivity index (χ0v) is 21.2. The first-order chi connectivity index (χ1) is 17.9. The maximum absolute atomic E-state index is 13.5. The Bertz CT molecular complexity index is 1450. The molecule has 2 aromatic carbocycles. The van der Waals surface area contributed by atoms with Crippen LogP contribution in [0.2, 0.25) is 5.02 Å². The topological polar surface area (TPSA) is 107 Å². The monoisotopic (exact) mass is 525 g/mol. The molecule has 10 heteroatoms. The minimum absolute atomic E-state index is 0.00497. The molecule has 4 aromatic rings. The summed E-state index contributed by atoms with van der Waals surface area (Å²) in [5, 5.41) is 10.8. The van der Waals surface area contributed by atoms with E-state index < -0.39 is 5.82 Å². The van der Waals surface area contributed by atoms with Crippen LogP contribution in [0.3, 0.4) is 0 Å². The molecule has 0 atom stereocenters. The molecule has 2 aromatic heterocycles. The summed E-state index contributed by atoms with van der Waals surface area (Å²) in [6.45, 7) is 1.56. The van der Waals surface area contributed by atoms with E-state index in [4.69, 9.17) is 30.6 Å². The molecule has 37 heavy (non-hydrogen) atoms. The number of ether oxygens (including phenoxy) is 2. The molecular formula is C27H25ClFN3O5. The molecule has 0 fully saturated rings. The SMILES string of the molecule is CO.COc1cc2ncnc(Nc3ccc(F)c(Cl)c3)c2cc1Oc1ccc(C#CCCCC(C)=O)o1. The predicted molar refractivity (Wildman–Crippen MR) is 139 cm³/mol. The molecule has 0 aliphatic rings. The van der Waals surface area contributed by atoms with E-state index in [0.717, 1.165) is 7.11 Å². The Kier molecular flexibility index (Phi) is 9.84. The zero-order chi connectivity index (χ0) is 26.8. The zero-order valence-electron chi connectivity index (χ0n) is 20.5. The second-order valence-corrected chi connectivity index (χ2v) is 7.98. The lowest BCUT2D eigenvalue weighted by Crippen LogP contribution is -1.98. The summed E-state index contributed by atoms with van der Waals surface area (Å²) < 4.78 is 30.6. The number of methoxy groups -OCH3 is 1. The summed E-state index contributed by atoms with van der Waals surface area (Å²) >= 11 is 5.90. The summed E-state index contributed by atoms with van der Waals surface area (Å²) in [5.41, 5.74) is 1.17. The first-order valence-corrected chi connectivity index (χ1v) is 11.6. The first-order valence-electron chi connectivity index (χ1n) is 11.2. The van der Waals surface area contributed by atoms with Gasteiger partial charge in [0, 0.05) is 43.2 Å². The van der Waals surface area contributed by atoms with Crippen LogP contribution in [0.15, 0.2) is 53.2 Å². The molecule has 0 spiro atoms. The Hall–Kier alpha value is -4.13. The van der Waals surface area contributed by atoms with E-state index in [9.17, 15) is 9.18 Å². The third-order valence-electron chi connectivity index (χ3n) is 4.94. The fourth-order valence-electron chi connectivity index (χ4n) is 3.24. The second-order valence-electron chi connectivity index (χ2n) is 7.57. The number of Topliss-reactive ketones (excluding diaryl/α,β-unsaturated/α-hetero) is 1. The van der Waals surface area contributed by atoms with E-state index in [-0.39, 0.29) is 16.8 Å². The van der Waals surface area contributed by atoms with E-state index >= 15 is 0 Å². The molecule has 0 saturated carbocycles. The maximum atomic E-state index is 13.5. The summed E-state index contributed by atoms with van der Waals surface area (Å²) in [5.74, 6) is 7.52. The van der Waals surface area contributed by atoms with Gasteiger partial charge in [0.15, 0.2) is 17.3 Å². The van der Waals surface area contributed by atoms with Gasteiger partial charge in [-0.15, -0.1) is 0 Å². The number of anilines is 2.